The maximum atomic E-state index is 8.13. The molecule has 0 bridgehead atoms. The van der Waals surface area contributed by atoms with Crippen molar-refractivity contribution in [2.24, 2.45) is 7.05 Å². The van der Waals surface area contributed by atoms with Gasteiger partial charge in [-0.1, -0.05) is 103 Å². The Bertz CT molecular complexity index is 3240. The third-order valence-corrected chi connectivity index (χ3v) is 10.4. The summed E-state index contributed by atoms with van der Waals surface area (Å²) in [6.07, 6.45) is 0. The van der Waals surface area contributed by atoms with E-state index in [4.69, 9.17) is 15.6 Å². The van der Waals surface area contributed by atoms with Crippen LogP contribution in [0.15, 0.2) is 162 Å². The van der Waals surface area contributed by atoms with E-state index in [1.165, 1.54) is 70.8 Å². The van der Waals surface area contributed by atoms with Crippen LogP contribution in [0.2, 0.25) is 0 Å². The van der Waals surface area contributed by atoms with Crippen LogP contribution in [-0.2, 0) is 7.05 Å². The number of aromatic nitrogens is 2. The molecule has 3 aromatic heterocycles. The molecule has 11 rings (SSSR count). The highest BCUT2D eigenvalue weighted by Gasteiger charge is 2.18. The van der Waals surface area contributed by atoms with E-state index in [9.17, 15) is 0 Å². The Hall–Kier alpha value is -6.85. The van der Waals surface area contributed by atoms with Crippen LogP contribution in [0, 0.1) is 5.41 Å². The van der Waals surface area contributed by atoms with Crippen molar-refractivity contribution >= 4 is 92.8 Å². The van der Waals surface area contributed by atoms with Crippen LogP contribution < -0.4 is 11.1 Å². The molecule has 51 heavy (non-hydrogen) atoms. The van der Waals surface area contributed by atoms with E-state index < -0.39 is 0 Å². The normalized spacial score (nSPS) is 11.8. The minimum atomic E-state index is 0.426. The van der Waals surface area contributed by atoms with Gasteiger partial charge in [-0.2, -0.15) is 0 Å². The van der Waals surface area contributed by atoms with Crippen LogP contribution in [-0.4, -0.2) is 9.13 Å². The quantitative estimate of drug-likeness (QED) is 0.105. The monoisotopic (exact) mass is 656 g/mol. The molecule has 0 aliphatic carbocycles. The second-order valence-corrected chi connectivity index (χ2v) is 13.1. The first kappa shape index (κ1) is 29.1. The Labute approximate surface area is 292 Å². The number of para-hydroxylation sites is 4. The van der Waals surface area contributed by atoms with Gasteiger partial charge in [-0.05, 0) is 70.8 Å². The molecule has 0 radical (unpaired) electrons. The van der Waals surface area contributed by atoms with Gasteiger partial charge in [0.25, 0.3) is 0 Å². The number of nitrogen functional groups attached to an aromatic ring is 1. The van der Waals surface area contributed by atoms with Crippen LogP contribution in [0.25, 0.3) is 92.8 Å². The van der Waals surface area contributed by atoms with E-state index >= 15 is 0 Å². The fraction of sp³-hybridized carbons (Fsp3) is 0.0217. The zero-order valence-electron chi connectivity index (χ0n) is 27.9. The molecule has 0 fully saturated rings. The molecule has 0 saturated carbocycles. The van der Waals surface area contributed by atoms with Gasteiger partial charge < -0.3 is 19.3 Å². The van der Waals surface area contributed by atoms with Gasteiger partial charge in [0.2, 0.25) is 0 Å². The third kappa shape index (κ3) is 4.25. The predicted octanol–water partition coefficient (Wildman–Crippen LogP) is 11.4. The zero-order chi connectivity index (χ0) is 34.2. The van der Waals surface area contributed by atoms with Crippen molar-refractivity contribution in [3.8, 4) is 5.69 Å². The molecule has 242 valence electrons. The predicted molar refractivity (Wildman–Crippen MR) is 214 cm³/mol. The summed E-state index contributed by atoms with van der Waals surface area (Å²) in [6, 6.07) is 55.0. The summed E-state index contributed by atoms with van der Waals surface area (Å²) in [7, 11) is 2.19. The molecule has 0 aliphatic heterocycles. The Morgan fingerprint density at radius 3 is 1.94 bits per heavy atom. The molecular formula is C46H32N4O. The summed E-state index contributed by atoms with van der Waals surface area (Å²) in [5.74, 6) is 0. The number of aryl methyl sites for hydroxylation is 1. The molecule has 8 aromatic carbocycles. The zero-order valence-corrected chi connectivity index (χ0v) is 27.9. The van der Waals surface area contributed by atoms with E-state index in [0.29, 0.717) is 27.6 Å². The third-order valence-electron chi connectivity index (χ3n) is 10.4. The first-order valence-electron chi connectivity index (χ1n) is 17.1. The maximum Gasteiger partial charge on any atom is 0.138 e. The van der Waals surface area contributed by atoms with Gasteiger partial charge in [-0.15, -0.1) is 0 Å². The van der Waals surface area contributed by atoms with E-state index in [0.717, 1.165) is 5.39 Å². The van der Waals surface area contributed by atoms with E-state index in [2.05, 4.69) is 131 Å². The van der Waals surface area contributed by atoms with E-state index in [1.54, 1.807) is 6.07 Å². The summed E-state index contributed by atoms with van der Waals surface area (Å²) in [4.78, 5) is 0. The molecule has 0 aliphatic rings. The van der Waals surface area contributed by atoms with Crippen molar-refractivity contribution in [3.63, 3.8) is 0 Å². The standard InChI is InChI=1S/C33H22N2.C13H10N2O/c1-34-28-13-7-5-11-23(28)25-19-18-24-26(33(25)34)17-15-21-16-20-30-32(31(21)24)27-12-6-8-14-29(27)35(30)22-9-3-2-4-10-22;14-9-5-3-7-11-12(9)13(15)8-4-1-2-6-10(8)16-11/h2-20H,1H3;1-7,15H,14H2. The number of fused-ring (bicyclic) bond motifs is 13. The molecule has 0 saturated heterocycles. The van der Waals surface area contributed by atoms with E-state index in [-0.39, 0.29) is 0 Å². The second kappa shape index (κ2) is 11.1. The fourth-order valence-electron chi connectivity index (χ4n) is 8.14. The lowest BCUT2D eigenvalue weighted by atomic mass is 9.96. The summed E-state index contributed by atoms with van der Waals surface area (Å²) in [5.41, 5.74) is 14.1. The molecule has 0 spiro atoms. The SMILES string of the molecule is Cn1c2ccccc2c2ccc3c(ccc4ccc5c(c6ccccc6n5-c5ccccc5)c43)c21.N=c1c2ccccc2oc2cccc(N)c12. The van der Waals surface area contributed by atoms with Crippen molar-refractivity contribution < 1.29 is 4.42 Å². The molecule has 0 unspecified atom stereocenters. The van der Waals surface area contributed by atoms with Gasteiger partial charge in [0.1, 0.15) is 11.2 Å². The van der Waals surface area contributed by atoms with Crippen molar-refractivity contribution in [2.75, 3.05) is 5.73 Å². The highest BCUT2D eigenvalue weighted by Crippen LogP contribution is 2.42. The van der Waals surface area contributed by atoms with Gasteiger partial charge in [0.15, 0.2) is 0 Å². The summed E-state index contributed by atoms with van der Waals surface area (Å²) < 4.78 is 10.5. The lowest BCUT2D eigenvalue weighted by Crippen LogP contribution is -2.05. The fourth-order valence-corrected chi connectivity index (χ4v) is 8.14. The van der Waals surface area contributed by atoms with Crippen LogP contribution in [0.5, 0.6) is 0 Å². The highest BCUT2D eigenvalue weighted by molar-refractivity contribution is 6.31. The summed E-state index contributed by atoms with van der Waals surface area (Å²) in [6.45, 7) is 0. The average molecular weight is 657 g/mol. The molecule has 5 nitrogen and oxygen atoms in total. The Kier molecular flexibility index (Phi) is 6.33. The summed E-state index contributed by atoms with van der Waals surface area (Å²) >= 11 is 0. The lowest BCUT2D eigenvalue weighted by molar-refractivity contribution is 0.659. The van der Waals surface area contributed by atoms with Crippen LogP contribution in [0.3, 0.4) is 0 Å². The smallest absolute Gasteiger partial charge is 0.138 e. The van der Waals surface area contributed by atoms with Crippen LogP contribution >= 0.6 is 0 Å². The maximum absolute atomic E-state index is 8.13. The van der Waals surface area contributed by atoms with Gasteiger partial charge in [0.05, 0.1) is 27.3 Å². The van der Waals surface area contributed by atoms with Crippen molar-refractivity contribution in [3.05, 3.63) is 163 Å². The molecule has 0 atom stereocenters. The van der Waals surface area contributed by atoms with Crippen molar-refractivity contribution in [1.82, 2.24) is 9.13 Å². The highest BCUT2D eigenvalue weighted by atomic mass is 16.3. The second-order valence-electron chi connectivity index (χ2n) is 13.1. The summed E-state index contributed by atoms with van der Waals surface area (Å²) in [5, 5.41) is 20.5. The number of hydrogen-bond acceptors (Lipinski definition) is 3. The van der Waals surface area contributed by atoms with Crippen LogP contribution in [0.4, 0.5) is 5.69 Å². The van der Waals surface area contributed by atoms with Gasteiger partial charge in [-0.25, -0.2) is 0 Å². The minimum absolute atomic E-state index is 0.426. The first-order chi connectivity index (χ1) is 25.1. The molecule has 3 N–H and O–H groups in total. The molecule has 3 heterocycles. The van der Waals surface area contributed by atoms with Gasteiger partial charge in [0, 0.05) is 56.3 Å². The molecule has 0 amide bonds. The number of nitrogens with one attached hydrogen (secondary N) is 1. The van der Waals surface area contributed by atoms with Gasteiger partial charge in [-0.3, -0.25) is 5.41 Å². The lowest BCUT2D eigenvalue weighted by Gasteiger charge is -2.10. The first-order valence-corrected chi connectivity index (χ1v) is 17.1. The number of anilines is 1. The van der Waals surface area contributed by atoms with Crippen LogP contribution in [0.1, 0.15) is 0 Å². The Balaban J connectivity index is 0.000000171. The number of benzene rings is 8. The number of rotatable bonds is 1. The van der Waals surface area contributed by atoms with Gasteiger partial charge >= 0.3 is 0 Å². The number of hydrogen-bond donors (Lipinski definition) is 2. The Morgan fingerprint density at radius 1 is 0.471 bits per heavy atom. The number of nitrogens with two attached hydrogens (primary N) is 1. The van der Waals surface area contributed by atoms with Crippen molar-refractivity contribution in [1.29, 1.82) is 5.41 Å². The molecule has 11 aromatic rings. The topological polar surface area (TPSA) is 72.9 Å². The molecule has 5 heteroatoms. The average Bonchev–Trinajstić information content (AvgIpc) is 3.67. The van der Waals surface area contributed by atoms with Crippen molar-refractivity contribution in [2.45, 2.75) is 0 Å². The Morgan fingerprint density at radius 2 is 1.10 bits per heavy atom. The molecular weight excluding hydrogens is 625 g/mol. The largest absolute Gasteiger partial charge is 0.456 e. The number of nitrogens with zero attached hydrogens (tertiary/aromatic N) is 2. The minimum Gasteiger partial charge on any atom is -0.456 e. The van der Waals surface area contributed by atoms with E-state index in [1.807, 2.05) is 36.4 Å².